The molecule has 0 unspecified atom stereocenters. The number of nitrogens with two attached hydrogens (primary N) is 1. The van der Waals surface area contributed by atoms with Crippen molar-refractivity contribution in [1.82, 2.24) is 4.90 Å². The molecule has 0 bridgehead atoms. The summed E-state index contributed by atoms with van der Waals surface area (Å²) in [6, 6.07) is 9.15. The molecule has 1 fully saturated rings. The molecule has 2 nitrogen and oxygen atoms in total. The Labute approximate surface area is 110 Å². The van der Waals surface area contributed by atoms with E-state index in [1.54, 1.807) is 0 Å². The summed E-state index contributed by atoms with van der Waals surface area (Å²) >= 11 is 0. The molecule has 1 aromatic rings. The molecule has 4 heteroatoms. The van der Waals surface area contributed by atoms with Crippen LogP contribution in [-0.4, -0.2) is 24.0 Å². The van der Waals surface area contributed by atoms with Crippen molar-refractivity contribution in [2.45, 2.75) is 25.9 Å². The second-order valence-electron chi connectivity index (χ2n) is 4.27. The first-order chi connectivity index (χ1) is 6.74. The number of likely N-dealkylation sites (tertiary alicyclic amines) is 1. The van der Waals surface area contributed by atoms with E-state index in [0.29, 0.717) is 6.04 Å². The Morgan fingerprint density at radius 1 is 1.25 bits per heavy atom. The third kappa shape index (κ3) is 4.30. The first-order valence-electron chi connectivity index (χ1n) is 5.27. The van der Waals surface area contributed by atoms with Crippen molar-refractivity contribution in [2.75, 3.05) is 13.1 Å². The molecule has 1 atom stereocenters. The standard InChI is InChI=1S/C12H18N2.2ClH/c1-10-2-4-11(5-3-10)8-14-7-6-12(13)9-14;;/h2-5,12H,6-9,13H2,1H3;2*1H/t12-;;/m1../s1. The molecule has 0 aliphatic carbocycles. The van der Waals surface area contributed by atoms with Crippen LogP contribution in [0.2, 0.25) is 0 Å². The minimum atomic E-state index is 0. The van der Waals surface area contributed by atoms with Crippen LogP contribution >= 0.6 is 24.8 Å². The number of aryl methyl sites for hydroxylation is 1. The molecule has 2 rings (SSSR count). The van der Waals surface area contributed by atoms with Crippen LogP contribution in [0.1, 0.15) is 17.5 Å². The van der Waals surface area contributed by atoms with Crippen LogP contribution in [0.3, 0.4) is 0 Å². The zero-order chi connectivity index (χ0) is 9.97. The van der Waals surface area contributed by atoms with E-state index in [2.05, 4.69) is 36.1 Å². The highest BCUT2D eigenvalue weighted by Gasteiger charge is 2.18. The van der Waals surface area contributed by atoms with Crippen molar-refractivity contribution in [1.29, 1.82) is 0 Å². The summed E-state index contributed by atoms with van der Waals surface area (Å²) in [5.74, 6) is 0. The lowest BCUT2D eigenvalue weighted by molar-refractivity contribution is 0.327. The van der Waals surface area contributed by atoms with Gasteiger partial charge >= 0.3 is 0 Å². The van der Waals surface area contributed by atoms with Gasteiger partial charge in [0.25, 0.3) is 0 Å². The van der Waals surface area contributed by atoms with Crippen molar-refractivity contribution in [3.8, 4) is 0 Å². The molecule has 1 saturated heterocycles. The van der Waals surface area contributed by atoms with Gasteiger partial charge in [-0.1, -0.05) is 29.8 Å². The van der Waals surface area contributed by atoms with Crippen LogP contribution in [-0.2, 0) is 6.54 Å². The highest BCUT2D eigenvalue weighted by molar-refractivity contribution is 5.85. The smallest absolute Gasteiger partial charge is 0.0234 e. The zero-order valence-electron chi connectivity index (χ0n) is 9.56. The second-order valence-corrected chi connectivity index (χ2v) is 4.27. The van der Waals surface area contributed by atoms with Gasteiger partial charge in [0, 0.05) is 25.7 Å². The van der Waals surface area contributed by atoms with E-state index in [1.165, 1.54) is 11.1 Å². The van der Waals surface area contributed by atoms with Crippen molar-refractivity contribution < 1.29 is 0 Å². The number of hydrogen-bond donors (Lipinski definition) is 1. The van der Waals surface area contributed by atoms with Crippen LogP contribution in [0.5, 0.6) is 0 Å². The fourth-order valence-corrected chi connectivity index (χ4v) is 1.96. The molecular weight excluding hydrogens is 243 g/mol. The van der Waals surface area contributed by atoms with Crippen molar-refractivity contribution in [3.05, 3.63) is 35.4 Å². The number of nitrogens with zero attached hydrogens (tertiary/aromatic N) is 1. The molecule has 0 radical (unpaired) electrons. The largest absolute Gasteiger partial charge is 0.326 e. The van der Waals surface area contributed by atoms with Gasteiger partial charge in [0.2, 0.25) is 0 Å². The van der Waals surface area contributed by atoms with Crippen molar-refractivity contribution in [2.24, 2.45) is 5.73 Å². The first kappa shape index (κ1) is 15.7. The Balaban J connectivity index is 0.00000112. The number of benzene rings is 1. The van der Waals surface area contributed by atoms with E-state index < -0.39 is 0 Å². The SMILES string of the molecule is Cc1ccc(CN2CC[C@@H](N)C2)cc1.Cl.Cl. The third-order valence-corrected chi connectivity index (χ3v) is 2.84. The molecule has 0 saturated carbocycles. The number of halogens is 2. The summed E-state index contributed by atoms with van der Waals surface area (Å²) in [4.78, 5) is 2.43. The molecule has 0 aromatic heterocycles. The lowest BCUT2D eigenvalue weighted by Gasteiger charge is -2.14. The molecular formula is C12H20Cl2N2. The zero-order valence-corrected chi connectivity index (χ0v) is 11.2. The van der Waals surface area contributed by atoms with Gasteiger partial charge in [0.1, 0.15) is 0 Å². The van der Waals surface area contributed by atoms with Gasteiger partial charge in [-0.25, -0.2) is 0 Å². The monoisotopic (exact) mass is 262 g/mol. The van der Waals surface area contributed by atoms with E-state index >= 15 is 0 Å². The van der Waals surface area contributed by atoms with E-state index in [1.807, 2.05) is 0 Å². The van der Waals surface area contributed by atoms with Crippen LogP contribution in [0.4, 0.5) is 0 Å². The third-order valence-electron chi connectivity index (χ3n) is 2.84. The average Bonchev–Trinajstić information content (AvgIpc) is 2.56. The Kier molecular flexibility index (Phi) is 7.00. The molecule has 0 amide bonds. The lowest BCUT2D eigenvalue weighted by Crippen LogP contribution is -2.26. The van der Waals surface area contributed by atoms with Crippen molar-refractivity contribution in [3.63, 3.8) is 0 Å². The Hall–Kier alpha value is -0.280. The number of hydrogen-bond acceptors (Lipinski definition) is 2. The number of rotatable bonds is 2. The summed E-state index contributed by atoms with van der Waals surface area (Å²) in [5, 5.41) is 0. The average molecular weight is 263 g/mol. The summed E-state index contributed by atoms with van der Waals surface area (Å²) in [5.41, 5.74) is 8.58. The molecule has 1 aromatic carbocycles. The fourth-order valence-electron chi connectivity index (χ4n) is 1.96. The maximum Gasteiger partial charge on any atom is 0.0234 e. The molecule has 0 spiro atoms. The summed E-state index contributed by atoms with van der Waals surface area (Å²) in [6.45, 7) is 5.37. The van der Waals surface area contributed by atoms with Crippen LogP contribution in [0.25, 0.3) is 0 Å². The molecule has 1 aliphatic heterocycles. The van der Waals surface area contributed by atoms with E-state index in [9.17, 15) is 0 Å². The minimum absolute atomic E-state index is 0. The molecule has 92 valence electrons. The maximum absolute atomic E-state index is 5.86. The van der Waals surface area contributed by atoms with Gasteiger partial charge in [-0.2, -0.15) is 0 Å². The second kappa shape index (κ2) is 7.13. The highest BCUT2D eigenvalue weighted by Crippen LogP contribution is 2.12. The van der Waals surface area contributed by atoms with Gasteiger partial charge in [-0.3, -0.25) is 4.90 Å². The van der Waals surface area contributed by atoms with Gasteiger partial charge in [-0.15, -0.1) is 24.8 Å². The fraction of sp³-hybridized carbons (Fsp3) is 0.500. The summed E-state index contributed by atoms with van der Waals surface area (Å²) in [7, 11) is 0. The van der Waals surface area contributed by atoms with Gasteiger partial charge in [0.15, 0.2) is 0 Å². The van der Waals surface area contributed by atoms with E-state index in [4.69, 9.17) is 5.73 Å². The molecule has 16 heavy (non-hydrogen) atoms. The molecule has 1 aliphatic rings. The Bertz CT molecular complexity index is 300. The predicted octanol–water partition coefficient (Wildman–Crippen LogP) is 2.37. The summed E-state index contributed by atoms with van der Waals surface area (Å²) < 4.78 is 0. The van der Waals surface area contributed by atoms with Gasteiger partial charge in [0.05, 0.1) is 0 Å². The van der Waals surface area contributed by atoms with Gasteiger partial charge < -0.3 is 5.73 Å². The Morgan fingerprint density at radius 2 is 1.88 bits per heavy atom. The normalized spacial score (nSPS) is 20.0. The first-order valence-corrected chi connectivity index (χ1v) is 5.27. The topological polar surface area (TPSA) is 29.3 Å². The Morgan fingerprint density at radius 3 is 2.38 bits per heavy atom. The predicted molar refractivity (Wildman–Crippen MR) is 73.5 cm³/mol. The quantitative estimate of drug-likeness (QED) is 0.887. The minimum Gasteiger partial charge on any atom is -0.326 e. The summed E-state index contributed by atoms with van der Waals surface area (Å²) in [6.07, 6.45) is 1.14. The molecule has 1 heterocycles. The maximum atomic E-state index is 5.86. The van der Waals surface area contributed by atoms with E-state index in [-0.39, 0.29) is 24.8 Å². The molecule has 2 N–H and O–H groups in total. The lowest BCUT2D eigenvalue weighted by atomic mass is 10.1. The highest BCUT2D eigenvalue weighted by atomic mass is 35.5. The van der Waals surface area contributed by atoms with Crippen LogP contribution in [0.15, 0.2) is 24.3 Å². The van der Waals surface area contributed by atoms with E-state index in [0.717, 1.165) is 26.1 Å². The van der Waals surface area contributed by atoms with Crippen LogP contribution in [0, 0.1) is 6.92 Å². The van der Waals surface area contributed by atoms with Crippen LogP contribution < -0.4 is 5.73 Å². The van der Waals surface area contributed by atoms with Crippen molar-refractivity contribution >= 4 is 24.8 Å². The van der Waals surface area contributed by atoms with Gasteiger partial charge in [-0.05, 0) is 18.9 Å².